The quantitative estimate of drug-likeness (QED) is 0.759. The molecule has 2 aromatic rings. The molecule has 1 atom stereocenters. The molecule has 2 fully saturated rings. The minimum absolute atomic E-state index is 0.301. The van der Waals surface area contributed by atoms with Crippen LogP contribution in [0.1, 0.15) is 6.42 Å². The van der Waals surface area contributed by atoms with Crippen LogP contribution in [0.3, 0.4) is 0 Å². The van der Waals surface area contributed by atoms with Crippen molar-refractivity contribution in [1.29, 1.82) is 0 Å². The lowest BCUT2D eigenvalue weighted by molar-refractivity contribution is 0.0644. The van der Waals surface area contributed by atoms with Crippen LogP contribution in [0, 0.1) is 5.82 Å². The molecule has 0 saturated carbocycles. The molecule has 1 aliphatic carbocycles. The lowest BCUT2D eigenvalue weighted by Crippen LogP contribution is -2.62. The Kier molecular flexibility index (Phi) is 5.26. The number of anilines is 2. The van der Waals surface area contributed by atoms with E-state index < -0.39 is 0 Å². The first-order chi connectivity index (χ1) is 14.2. The Morgan fingerprint density at radius 2 is 2.00 bits per heavy atom. The standard InChI is InChI=1S/C21H26FN5OS/c1-28-19-4-2-14(22)10-17(19)24-21-25-18-11-15(3-5-20(18)29-21)26-6-8-27(9-7-26)16-12-23-13-16/h2,4-5,10-11,15-16,23H,3,6-9,12-13H2,1H3,(H,24,25). The molecule has 3 aliphatic rings. The smallest absolute Gasteiger partial charge is 0.188 e. The van der Waals surface area contributed by atoms with Crippen LogP contribution in [0.15, 0.2) is 18.2 Å². The van der Waals surface area contributed by atoms with Crippen molar-refractivity contribution in [3.63, 3.8) is 0 Å². The molecule has 3 heterocycles. The molecule has 0 amide bonds. The summed E-state index contributed by atoms with van der Waals surface area (Å²) in [6.45, 7) is 6.78. The molecule has 1 aromatic carbocycles. The highest BCUT2D eigenvalue weighted by Gasteiger charge is 2.29. The molecular formula is C21H26FN5OS. The van der Waals surface area contributed by atoms with Gasteiger partial charge in [-0.15, -0.1) is 0 Å². The first kappa shape index (κ1) is 19.0. The number of aromatic nitrogens is 1. The zero-order valence-corrected chi connectivity index (χ0v) is 17.3. The van der Waals surface area contributed by atoms with Crippen LogP contribution < -0.4 is 25.3 Å². The molecule has 5 rings (SSSR count). The number of nitrogens with one attached hydrogen (secondary N) is 2. The third-order valence-electron chi connectivity index (χ3n) is 6.07. The minimum Gasteiger partial charge on any atom is -0.495 e. The first-order valence-electron chi connectivity index (χ1n) is 10.2. The van der Waals surface area contributed by atoms with E-state index in [0.717, 1.165) is 62.2 Å². The number of thiazole rings is 1. The second kappa shape index (κ2) is 8.02. The molecule has 154 valence electrons. The molecular weight excluding hydrogens is 389 g/mol. The predicted octanol–water partition coefficient (Wildman–Crippen LogP) is 0.957. The maximum atomic E-state index is 13.6. The van der Waals surface area contributed by atoms with E-state index in [1.165, 1.54) is 16.7 Å². The summed E-state index contributed by atoms with van der Waals surface area (Å²) in [5.74, 6) is 0.301. The first-order valence-corrected chi connectivity index (χ1v) is 11.0. The molecule has 6 nitrogen and oxygen atoms in total. The van der Waals surface area contributed by atoms with Crippen LogP contribution in [0.4, 0.5) is 15.2 Å². The van der Waals surface area contributed by atoms with Crippen LogP contribution in [-0.4, -0.2) is 73.2 Å². The predicted molar refractivity (Wildman–Crippen MR) is 115 cm³/mol. The van der Waals surface area contributed by atoms with Crippen molar-refractivity contribution in [1.82, 2.24) is 20.1 Å². The highest BCUT2D eigenvalue weighted by molar-refractivity contribution is 7.13. The van der Waals surface area contributed by atoms with Gasteiger partial charge in [0.2, 0.25) is 0 Å². The van der Waals surface area contributed by atoms with Crippen molar-refractivity contribution >= 4 is 34.3 Å². The van der Waals surface area contributed by atoms with Gasteiger partial charge < -0.3 is 15.4 Å². The van der Waals surface area contributed by atoms with E-state index in [2.05, 4.69) is 32.6 Å². The van der Waals surface area contributed by atoms with E-state index in [0.29, 0.717) is 17.5 Å². The Bertz CT molecular complexity index is 997. The zero-order valence-electron chi connectivity index (χ0n) is 16.5. The third kappa shape index (κ3) is 3.90. The highest BCUT2D eigenvalue weighted by Crippen LogP contribution is 2.28. The molecule has 2 N–H and O–H groups in total. The number of methoxy groups -OCH3 is 1. The van der Waals surface area contributed by atoms with Gasteiger partial charge in [-0.3, -0.25) is 9.80 Å². The number of ether oxygens (including phenoxy) is 1. The molecule has 1 unspecified atom stereocenters. The summed E-state index contributed by atoms with van der Waals surface area (Å²) in [5.41, 5.74) is 0.594. The van der Waals surface area contributed by atoms with Crippen molar-refractivity contribution in [2.45, 2.75) is 18.5 Å². The van der Waals surface area contributed by atoms with Gasteiger partial charge in [0.05, 0.1) is 22.7 Å². The van der Waals surface area contributed by atoms with E-state index in [1.807, 2.05) is 0 Å². The number of fused-ring (bicyclic) bond motifs is 1. The number of nitrogens with zero attached hydrogens (tertiary/aromatic N) is 3. The lowest BCUT2D eigenvalue weighted by Gasteiger charge is -2.44. The average Bonchev–Trinajstić information content (AvgIpc) is 3.09. The molecule has 2 saturated heterocycles. The highest BCUT2D eigenvalue weighted by atomic mass is 32.1. The lowest BCUT2D eigenvalue weighted by atomic mass is 10.1. The largest absolute Gasteiger partial charge is 0.495 e. The van der Waals surface area contributed by atoms with Crippen LogP contribution in [0.5, 0.6) is 5.75 Å². The summed E-state index contributed by atoms with van der Waals surface area (Å²) in [5, 5.41) is 8.37. The number of hydrogen-bond donors (Lipinski definition) is 2. The number of rotatable bonds is 5. The SMILES string of the molecule is COc1ccc(F)cc1Nc1nc2c(s1)=CCC(N1CCN(C3CNC3)CC1)C=2. The van der Waals surface area contributed by atoms with E-state index in [-0.39, 0.29) is 5.82 Å². The fourth-order valence-corrected chi connectivity index (χ4v) is 5.17. The Balaban J connectivity index is 1.29. The Morgan fingerprint density at radius 1 is 1.21 bits per heavy atom. The number of hydrogen-bond acceptors (Lipinski definition) is 7. The second-order valence-electron chi connectivity index (χ2n) is 7.80. The summed E-state index contributed by atoms with van der Waals surface area (Å²) in [6.07, 6.45) is 5.59. The third-order valence-corrected chi connectivity index (χ3v) is 7.06. The normalized spacial score (nSPS) is 22.9. The van der Waals surface area contributed by atoms with Crippen LogP contribution in [-0.2, 0) is 0 Å². The fourth-order valence-electron chi connectivity index (χ4n) is 4.25. The molecule has 29 heavy (non-hydrogen) atoms. The maximum absolute atomic E-state index is 13.6. The molecule has 2 aliphatic heterocycles. The summed E-state index contributed by atoms with van der Waals surface area (Å²) in [7, 11) is 1.58. The van der Waals surface area contributed by atoms with Gasteiger partial charge >= 0.3 is 0 Å². The Morgan fingerprint density at radius 3 is 2.72 bits per heavy atom. The topological polar surface area (TPSA) is 52.7 Å². The number of halogens is 1. The van der Waals surface area contributed by atoms with Crippen molar-refractivity contribution in [2.24, 2.45) is 0 Å². The summed E-state index contributed by atoms with van der Waals surface area (Å²) in [4.78, 5) is 9.95. The van der Waals surface area contributed by atoms with Gasteiger partial charge in [0, 0.05) is 57.4 Å². The monoisotopic (exact) mass is 415 g/mol. The fraction of sp³-hybridized carbons (Fsp3) is 0.476. The summed E-state index contributed by atoms with van der Waals surface area (Å²) in [6, 6.07) is 5.59. The van der Waals surface area contributed by atoms with Gasteiger partial charge in [-0.25, -0.2) is 9.37 Å². The van der Waals surface area contributed by atoms with Crippen LogP contribution >= 0.6 is 11.3 Å². The number of benzene rings is 1. The van der Waals surface area contributed by atoms with Gasteiger partial charge in [-0.05, 0) is 24.6 Å². The average molecular weight is 416 g/mol. The van der Waals surface area contributed by atoms with Crippen molar-refractivity contribution in [2.75, 3.05) is 51.7 Å². The van der Waals surface area contributed by atoms with Crippen molar-refractivity contribution < 1.29 is 9.13 Å². The molecule has 0 radical (unpaired) electrons. The molecule has 0 bridgehead atoms. The van der Waals surface area contributed by atoms with E-state index in [1.54, 1.807) is 24.5 Å². The molecule has 0 spiro atoms. The van der Waals surface area contributed by atoms with Crippen LogP contribution in [0.25, 0.3) is 12.2 Å². The summed E-state index contributed by atoms with van der Waals surface area (Å²) >= 11 is 1.60. The molecule has 1 aromatic heterocycles. The number of piperazine rings is 1. The van der Waals surface area contributed by atoms with Gasteiger partial charge in [0.25, 0.3) is 0 Å². The second-order valence-corrected chi connectivity index (χ2v) is 8.83. The van der Waals surface area contributed by atoms with E-state index in [9.17, 15) is 4.39 Å². The van der Waals surface area contributed by atoms with Crippen molar-refractivity contribution in [3.8, 4) is 5.75 Å². The van der Waals surface area contributed by atoms with Gasteiger partial charge in [0.15, 0.2) is 5.13 Å². The van der Waals surface area contributed by atoms with E-state index in [4.69, 9.17) is 9.72 Å². The summed E-state index contributed by atoms with van der Waals surface area (Å²) < 4.78 is 20.1. The van der Waals surface area contributed by atoms with Gasteiger partial charge in [0.1, 0.15) is 11.6 Å². The van der Waals surface area contributed by atoms with Crippen molar-refractivity contribution in [3.05, 3.63) is 33.9 Å². The van der Waals surface area contributed by atoms with Gasteiger partial charge in [-0.2, -0.15) is 0 Å². The minimum atomic E-state index is -0.301. The molecule has 8 heteroatoms. The van der Waals surface area contributed by atoms with E-state index >= 15 is 0 Å². The van der Waals surface area contributed by atoms with Gasteiger partial charge in [-0.1, -0.05) is 17.4 Å². The maximum Gasteiger partial charge on any atom is 0.188 e. The Hall–Kier alpha value is -2.00. The zero-order chi connectivity index (χ0) is 19.8. The van der Waals surface area contributed by atoms with Crippen LogP contribution in [0.2, 0.25) is 0 Å². The Labute approximate surface area is 173 Å².